The molecule has 0 aromatic rings. The molecule has 18 heavy (non-hydrogen) atoms. The van der Waals surface area contributed by atoms with Gasteiger partial charge in [-0.05, 0) is 44.6 Å². The molecule has 106 valence electrons. The zero-order valence-corrected chi connectivity index (χ0v) is 13.2. The minimum Gasteiger partial charge on any atom is -0.381 e. The van der Waals surface area contributed by atoms with E-state index >= 15 is 0 Å². The number of ether oxygens (including phenoxy) is 1. The maximum atomic E-state index is 5.42. The van der Waals surface area contributed by atoms with Crippen molar-refractivity contribution < 1.29 is 4.74 Å². The molecule has 2 aliphatic rings. The van der Waals surface area contributed by atoms with Crippen LogP contribution in [-0.4, -0.2) is 42.6 Å². The third kappa shape index (κ3) is 4.82. The van der Waals surface area contributed by atoms with Gasteiger partial charge in [-0.2, -0.15) is 0 Å². The van der Waals surface area contributed by atoms with E-state index in [0.29, 0.717) is 0 Å². The molecule has 0 amide bonds. The van der Waals surface area contributed by atoms with Crippen molar-refractivity contribution in [2.24, 2.45) is 5.92 Å². The van der Waals surface area contributed by atoms with Gasteiger partial charge < -0.3 is 4.74 Å². The van der Waals surface area contributed by atoms with Crippen molar-refractivity contribution >= 4 is 15.9 Å². The molecule has 0 unspecified atom stereocenters. The smallest absolute Gasteiger partial charge is 0.0468 e. The molecule has 0 aromatic heterocycles. The minimum atomic E-state index is 0.908. The summed E-state index contributed by atoms with van der Waals surface area (Å²) in [6.07, 6.45) is 11.2. The molecular weight excluding hydrogens is 290 g/mol. The SMILES string of the molecule is BrCCN(CCCCC1CCOCC1)C1CCC1. The highest BCUT2D eigenvalue weighted by atomic mass is 79.9. The summed E-state index contributed by atoms with van der Waals surface area (Å²) in [5.41, 5.74) is 0. The number of rotatable bonds is 8. The van der Waals surface area contributed by atoms with Gasteiger partial charge in [0.2, 0.25) is 0 Å². The first kappa shape index (κ1) is 14.8. The maximum absolute atomic E-state index is 5.42. The van der Waals surface area contributed by atoms with Crippen molar-refractivity contribution in [1.29, 1.82) is 0 Å². The average Bonchev–Trinajstić information content (AvgIpc) is 2.34. The lowest BCUT2D eigenvalue weighted by molar-refractivity contribution is 0.0623. The molecule has 0 N–H and O–H groups in total. The summed E-state index contributed by atoms with van der Waals surface area (Å²) < 4.78 is 5.42. The van der Waals surface area contributed by atoms with Gasteiger partial charge in [0.1, 0.15) is 0 Å². The Balaban J connectivity index is 1.54. The van der Waals surface area contributed by atoms with E-state index < -0.39 is 0 Å². The van der Waals surface area contributed by atoms with Gasteiger partial charge in [0, 0.05) is 31.1 Å². The third-order valence-electron chi connectivity index (χ3n) is 4.61. The minimum absolute atomic E-state index is 0.908. The summed E-state index contributed by atoms with van der Waals surface area (Å²) >= 11 is 3.59. The molecule has 0 aromatic carbocycles. The summed E-state index contributed by atoms with van der Waals surface area (Å²) in [5, 5.41) is 1.13. The summed E-state index contributed by atoms with van der Waals surface area (Å²) in [4.78, 5) is 2.71. The molecular formula is C15H28BrNO. The molecule has 2 rings (SSSR count). The molecule has 0 atom stereocenters. The fourth-order valence-corrected chi connectivity index (χ4v) is 3.58. The maximum Gasteiger partial charge on any atom is 0.0468 e. The second-order valence-corrected chi connectivity index (χ2v) is 6.65. The Morgan fingerprint density at radius 3 is 2.39 bits per heavy atom. The quantitative estimate of drug-likeness (QED) is 0.498. The van der Waals surface area contributed by atoms with Gasteiger partial charge in [-0.1, -0.05) is 35.2 Å². The average molecular weight is 318 g/mol. The van der Waals surface area contributed by atoms with Gasteiger partial charge in [0.15, 0.2) is 0 Å². The van der Waals surface area contributed by atoms with Crippen LogP contribution >= 0.6 is 15.9 Å². The zero-order valence-electron chi connectivity index (χ0n) is 11.6. The number of unbranched alkanes of at least 4 members (excludes halogenated alkanes) is 1. The largest absolute Gasteiger partial charge is 0.381 e. The van der Waals surface area contributed by atoms with Gasteiger partial charge in [-0.15, -0.1) is 0 Å². The van der Waals surface area contributed by atoms with E-state index in [1.54, 1.807) is 0 Å². The number of nitrogens with zero attached hydrogens (tertiary/aromatic N) is 1. The molecule has 1 aliphatic heterocycles. The molecule has 1 heterocycles. The van der Waals surface area contributed by atoms with Crippen molar-refractivity contribution in [3.05, 3.63) is 0 Å². The molecule has 1 aliphatic carbocycles. The number of alkyl halides is 1. The van der Waals surface area contributed by atoms with Gasteiger partial charge >= 0.3 is 0 Å². The van der Waals surface area contributed by atoms with Crippen molar-refractivity contribution in [2.75, 3.05) is 31.6 Å². The van der Waals surface area contributed by atoms with Crippen LogP contribution in [0.25, 0.3) is 0 Å². The monoisotopic (exact) mass is 317 g/mol. The van der Waals surface area contributed by atoms with Crippen LogP contribution in [0.5, 0.6) is 0 Å². The normalized spacial score (nSPS) is 22.3. The molecule has 3 heteroatoms. The predicted octanol–water partition coefficient (Wildman–Crippen LogP) is 3.83. The lowest BCUT2D eigenvalue weighted by Crippen LogP contribution is -2.41. The second kappa shape index (κ2) is 8.55. The predicted molar refractivity (Wildman–Crippen MR) is 80.4 cm³/mol. The van der Waals surface area contributed by atoms with E-state index in [9.17, 15) is 0 Å². The molecule has 0 radical (unpaired) electrons. The van der Waals surface area contributed by atoms with E-state index in [1.165, 1.54) is 64.5 Å². The highest BCUT2D eigenvalue weighted by Crippen LogP contribution is 2.26. The van der Waals surface area contributed by atoms with Crippen LogP contribution in [0.1, 0.15) is 51.4 Å². The Bertz CT molecular complexity index is 215. The highest BCUT2D eigenvalue weighted by molar-refractivity contribution is 9.09. The van der Waals surface area contributed by atoms with Gasteiger partial charge in [-0.25, -0.2) is 0 Å². The van der Waals surface area contributed by atoms with Crippen molar-refractivity contribution in [1.82, 2.24) is 4.90 Å². The van der Waals surface area contributed by atoms with Gasteiger partial charge in [0.25, 0.3) is 0 Å². The van der Waals surface area contributed by atoms with E-state index in [1.807, 2.05) is 0 Å². The first-order valence-corrected chi connectivity index (χ1v) is 8.90. The first-order valence-electron chi connectivity index (χ1n) is 7.78. The van der Waals surface area contributed by atoms with E-state index in [0.717, 1.165) is 30.5 Å². The number of hydrogen-bond acceptors (Lipinski definition) is 2. The van der Waals surface area contributed by atoms with Gasteiger partial charge in [0.05, 0.1) is 0 Å². The van der Waals surface area contributed by atoms with E-state index in [2.05, 4.69) is 20.8 Å². The van der Waals surface area contributed by atoms with Crippen LogP contribution in [0.3, 0.4) is 0 Å². The molecule has 2 fully saturated rings. The summed E-state index contributed by atoms with van der Waals surface area (Å²) in [6.45, 7) is 4.56. The van der Waals surface area contributed by atoms with Crippen LogP contribution in [0.15, 0.2) is 0 Å². The fraction of sp³-hybridized carbons (Fsp3) is 1.00. The fourth-order valence-electron chi connectivity index (χ4n) is 3.12. The lowest BCUT2D eigenvalue weighted by atomic mass is 9.91. The Morgan fingerprint density at radius 1 is 1.00 bits per heavy atom. The lowest BCUT2D eigenvalue weighted by Gasteiger charge is -2.37. The van der Waals surface area contributed by atoms with Crippen LogP contribution < -0.4 is 0 Å². The summed E-state index contributed by atoms with van der Waals surface area (Å²) in [6, 6.07) is 0.908. The Hall–Kier alpha value is 0.400. The van der Waals surface area contributed by atoms with E-state index in [4.69, 9.17) is 4.74 Å². The number of hydrogen-bond donors (Lipinski definition) is 0. The summed E-state index contributed by atoms with van der Waals surface area (Å²) in [7, 11) is 0. The first-order chi connectivity index (χ1) is 8.90. The topological polar surface area (TPSA) is 12.5 Å². The standard InChI is InChI=1S/C15H28BrNO/c16-9-11-17(15-5-3-6-15)10-2-1-4-14-7-12-18-13-8-14/h14-15H,1-13H2. The summed E-state index contributed by atoms with van der Waals surface area (Å²) in [5.74, 6) is 0.951. The van der Waals surface area contributed by atoms with Crippen molar-refractivity contribution in [3.63, 3.8) is 0 Å². The van der Waals surface area contributed by atoms with Crippen LogP contribution in [0, 0.1) is 5.92 Å². The molecule has 1 saturated carbocycles. The second-order valence-electron chi connectivity index (χ2n) is 5.86. The van der Waals surface area contributed by atoms with E-state index in [-0.39, 0.29) is 0 Å². The molecule has 0 bridgehead atoms. The highest BCUT2D eigenvalue weighted by Gasteiger charge is 2.23. The number of halogens is 1. The van der Waals surface area contributed by atoms with Gasteiger partial charge in [-0.3, -0.25) is 4.90 Å². The Morgan fingerprint density at radius 2 is 1.78 bits per heavy atom. The molecule has 2 nitrogen and oxygen atoms in total. The molecule has 1 saturated heterocycles. The van der Waals surface area contributed by atoms with Crippen LogP contribution in [0.2, 0.25) is 0 Å². The van der Waals surface area contributed by atoms with Crippen molar-refractivity contribution in [3.8, 4) is 0 Å². The van der Waals surface area contributed by atoms with Crippen molar-refractivity contribution in [2.45, 2.75) is 57.4 Å². The molecule has 0 spiro atoms. The Labute approximate surface area is 121 Å². The Kier molecular flexibility index (Phi) is 7.03. The van der Waals surface area contributed by atoms with Crippen LogP contribution in [0.4, 0.5) is 0 Å². The zero-order chi connectivity index (χ0) is 12.6. The van der Waals surface area contributed by atoms with Crippen LogP contribution in [-0.2, 0) is 4.74 Å². The third-order valence-corrected chi connectivity index (χ3v) is 4.97.